The van der Waals surface area contributed by atoms with Crippen molar-refractivity contribution in [1.29, 1.82) is 0 Å². The van der Waals surface area contributed by atoms with E-state index in [-0.39, 0.29) is 22.9 Å². The number of aromatic nitrogens is 2. The van der Waals surface area contributed by atoms with Crippen LogP contribution in [0.25, 0.3) is 11.0 Å². The molecule has 124 valence electrons. The van der Waals surface area contributed by atoms with E-state index in [2.05, 4.69) is 4.98 Å². The van der Waals surface area contributed by atoms with Crippen LogP contribution in [-0.4, -0.2) is 28.5 Å². The molecule has 0 aliphatic rings. The fourth-order valence-electron chi connectivity index (χ4n) is 2.48. The second-order valence-electron chi connectivity index (χ2n) is 5.15. The molecule has 0 saturated carbocycles. The van der Waals surface area contributed by atoms with Gasteiger partial charge in [-0.1, -0.05) is 29.8 Å². The molecule has 0 atom stereocenters. The van der Waals surface area contributed by atoms with Crippen molar-refractivity contribution in [3.8, 4) is 0 Å². The Morgan fingerprint density at radius 1 is 1.17 bits per heavy atom. The molecule has 0 saturated heterocycles. The van der Waals surface area contributed by atoms with Gasteiger partial charge in [0.15, 0.2) is 0 Å². The normalized spacial score (nSPS) is 11.7. The largest absolute Gasteiger partial charge is 0.481 e. The Balaban J connectivity index is 2.24. The van der Waals surface area contributed by atoms with Crippen LogP contribution in [0.2, 0.25) is 5.15 Å². The summed E-state index contributed by atoms with van der Waals surface area (Å²) in [5, 5.41) is 9.15. The van der Waals surface area contributed by atoms with Crippen molar-refractivity contribution in [3.63, 3.8) is 0 Å². The number of fused-ring (bicyclic) bond motifs is 1. The molecule has 3 aromatic rings. The van der Waals surface area contributed by atoms with Gasteiger partial charge >= 0.3 is 5.97 Å². The highest BCUT2D eigenvalue weighted by Gasteiger charge is 2.23. The lowest BCUT2D eigenvalue weighted by atomic mass is 10.2. The predicted molar refractivity (Wildman–Crippen MR) is 89.7 cm³/mol. The first kappa shape index (κ1) is 16.5. The number of halogens is 1. The number of carboxylic acid groups (broad SMARTS) is 1. The maximum Gasteiger partial charge on any atom is 0.303 e. The van der Waals surface area contributed by atoms with Crippen LogP contribution in [0.1, 0.15) is 12.1 Å². The Bertz CT molecular complexity index is 1010. The monoisotopic (exact) mass is 364 g/mol. The van der Waals surface area contributed by atoms with Crippen molar-refractivity contribution >= 4 is 38.6 Å². The molecular weight excluding hydrogens is 352 g/mol. The minimum absolute atomic E-state index is 0.0649. The average Bonchev–Trinajstić information content (AvgIpc) is 2.91. The van der Waals surface area contributed by atoms with Gasteiger partial charge in [0, 0.05) is 5.69 Å². The highest BCUT2D eigenvalue weighted by Crippen LogP contribution is 2.26. The standard InChI is InChI=1S/C16H13ClN2O4S/c17-15-8-7-14-13(18-15)10-11(6-9-16(20)21)19(14)24(22,23)12-4-2-1-3-5-12/h1-5,7-8,10H,6,9H2,(H,20,21). The lowest BCUT2D eigenvalue weighted by molar-refractivity contribution is -0.136. The lowest BCUT2D eigenvalue weighted by Gasteiger charge is -2.11. The summed E-state index contributed by atoms with van der Waals surface area (Å²) in [5.41, 5.74) is 1.12. The summed E-state index contributed by atoms with van der Waals surface area (Å²) in [6.45, 7) is 0. The number of nitrogens with zero attached hydrogens (tertiary/aromatic N) is 2. The zero-order valence-corrected chi connectivity index (χ0v) is 14.0. The van der Waals surface area contributed by atoms with Crippen LogP contribution in [0, 0.1) is 0 Å². The summed E-state index contributed by atoms with van der Waals surface area (Å²) in [7, 11) is -3.87. The van der Waals surface area contributed by atoms with Crippen molar-refractivity contribution in [2.45, 2.75) is 17.7 Å². The van der Waals surface area contributed by atoms with Crippen LogP contribution in [-0.2, 0) is 21.2 Å². The van der Waals surface area contributed by atoms with Gasteiger partial charge in [0.05, 0.1) is 22.3 Å². The first-order valence-corrected chi connectivity index (χ1v) is 8.91. The molecule has 24 heavy (non-hydrogen) atoms. The molecule has 0 unspecified atom stereocenters. The van der Waals surface area contributed by atoms with Gasteiger partial charge in [-0.2, -0.15) is 0 Å². The molecule has 0 radical (unpaired) electrons. The maximum atomic E-state index is 13.0. The summed E-state index contributed by atoms with van der Waals surface area (Å²) in [5.74, 6) is -1.00. The van der Waals surface area contributed by atoms with Gasteiger partial charge in [-0.3, -0.25) is 4.79 Å². The van der Waals surface area contributed by atoms with Crippen LogP contribution in [0.3, 0.4) is 0 Å². The van der Waals surface area contributed by atoms with E-state index in [4.69, 9.17) is 16.7 Å². The summed E-state index contributed by atoms with van der Waals surface area (Å²) in [4.78, 5) is 15.1. The fraction of sp³-hybridized carbons (Fsp3) is 0.125. The van der Waals surface area contributed by atoms with Crippen LogP contribution in [0.5, 0.6) is 0 Å². The Kier molecular flexibility index (Phi) is 4.29. The number of benzene rings is 1. The number of carbonyl (C=O) groups is 1. The molecular formula is C16H13ClN2O4S. The van der Waals surface area contributed by atoms with Crippen LogP contribution in [0.15, 0.2) is 53.4 Å². The molecule has 2 heterocycles. The molecule has 2 aromatic heterocycles. The predicted octanol–water partition coefficient (Wildman–Crippen LogP) is 2.94. The number of carboxylic acids is 1. The Labute approximate surface area is 143 Å². The summed E-state index contributed by atoms with van der Waals surface area (Å²) >= 11 is 5.88. The molecule has 1 aromatic carbocycles. The zero-order chi connectivity index (χ0) is 17.3. The molecule has 6 nitrogen and oxygen atoms in total. The number of rotatable bonds is 5. The minimum Gasteiger partial charge on any atom is -0.481 e. The van der Waals surface area contributed by atoms with Crippen molar-refractivity contribution in [2.75, 3.05) is 0 Å². The Morgan fingerprint density at radius 3 is 2.54 bits per heavy atom. The summed E-state index contributed by atoms with van der Waals surface area (Å²) in [6, 6.07) is 12.6. The number of hydrogen-bond donors (Lipinski definition) is 1. The molecule has 1 N–H and O–H groups in total. The van der Waals surface area contributed by atoms with E-state index in [1.54, 1.807) is 30.3 Å². The van der Waals surface area contributed by atoms with E-state index in [1.165, 1.54) is 18.2 Å². The van der Waals surface area contributed by atoms with Crippen LogP contribution < -0.4 is 0 Å². The first-order chi connectivity index (χ1) is 11.4. The fourth-order valence-corrected chi connectivity index (χ4v) is 4.21. The number of aryl methyl sites for hydroxylation is 1. The summed E-state index contributed by atoms with van der Waals surface area (Å²) < 4.78 is 27.2. The third-order valence-electron chi connectivity index (χ3n) is 3.53. The van der Waals surface area contributed by atoms with Gasteiger partial charge in [-0.25, -0.2) is 17.4 Å². The van der Waals surface area contributed by atoms with Crippen LogP contribution >= 0.6 is 11.6 Å². The van der Waals surface area contributed by atoms with E-state index in [0.29, 0.717) is 16.7 Å². The van der Waals surface area contributed by atoms with Gasteiger partial charge in [-0.05, 0) is 36.8 Å². The molecule has 0 bridgehead atoms. The summed E-state index contributed by atoms with van der Waals surface area (Å²) in [6.07, 6.45) is -0.121. The topological polar surface area (TPSA) is 89.3 Å². The lowest BCUT2D eigenvalue weighted by Crippen LogP contribution is -2.16. The zero-order valence-electron chi connectivity index (χ0n) is 12.4. The second kappa shape index (κ2) is 6.26. The highest BCUT2D eigenvalue weighted by molar-refractivity contribution is 7.90. The number of aliphatic carboxylic acids is 1. The molecule has 0 aliphatic heterocycles. The first-order valence-electron chi connectivity index (χ1n) is 7.09. The molecule has 0 aliphatic carbocycles. The Morgan fingerprint density at radius 2 is 1.88 bits per heavy atom. The van der Waals surface area contributed by atoms with Gasteiger partial charge in [0.25, 0.3) is 10.0 Å². The highest BCUT2D eigenvalue weighted by atomic mass is 35.5. The maximum absolute atomic E-state index is 13.0. The van der Waals surface area contributed by atoms with Crippen molar-refractivity contribution < 1.29 is 18.3 Å². The van der Waals surface area contributed by atoms with E-state index in [9.17, 15) is 13.2 Å². The SMILES string of the molecule is O=C(O)CCc1cc2nc(Cl)ccc2n1S(=O)(=O)c1ccccc1. The molecule has 0 amide bonds. The third kappa shape index (κ3) is 3.00. The van der Waals surface area contributed by atoms with Gasteiger partial charge in [0.1, 0.15) is 5.15 Å². The average molecular weight is 365 g/mol. The van der Waals surface area contributed by atoms with E-state index < -0.39 is 16.0 Å². The third-order valence-corrected chi connectivity index (χ3v) is 5.52. The van der Waals surface area contributed by atoms with Crippen molar-refractivity contribution in [2.24, 2.45) is 0 Å². The van der Waals surface area contributed by atoms with E-state index >= 15 is 0 Å². The van der Waals surface area contributed by atoms with Gasteiger partial charge in [0.2, 0.25) is 0 Å². The number of hydrogen-bond acceptors (Lipinski definition) is 4. The van der Waals surface area contributed by atoms with Gasteiger partial charge < -0.3 is 5.11 Å². The Hall–Kier alpha value is -2.38. The minimum atomic E-state index is -3.87. The van der Waals surface area contributed by atoms with E-state index in [0.717, 1.165) is 3.97 Å². The molecule has 0 spiro atoms. The number of pyridine rings is 1. The van der Waals surface area contributed by atoms with Crippen LogP contribution in [0.4, 0.5) is 0 Å². The second-order valence-corrected chi connectivity index (χ2v) is 7.32. The molecule has 3 rings (SSSR count). The van der Waals surface area contributed by atoms with Gasteiger partial charge in [-0.15, -0.1) is 0 Å². The van der Waals surface area contributed by atoms with E-state index in [1.807, 2.05) is 0 Å². The van der Waals surface area contributed by atoms with Crippen molar-refractivity contribution in [3.05, 3.63) is 59.4 Å². The smallest absolute Gasteiger partial charge is 0.303 e. The van der Waals surface area contributed by atoms with Crippen molar-refractivity contribution in [1.82, 2.24) is 8.96 Å². The molecule has 8 heteroatoms. The molecule has 0 fully saturated rings. The quantitative estimate of drug-likeness (QED) is 0.703.